The molecule has 17 heavy (non-hydrogen) atoms. The third-order valence-electron chi connectivity index (χ3n) is 2.40. The molecule has 0 aliphatic heterocycles. The Morgan fingerprint density at radius 1 is 1.29 bits per heavy atom. The van der Waals surface area contributed by atoms with E-state index in [-0.39, 0.29) is 11.5 Å². The lowest BCUT2D eigenvalue weighted by Crippen LogP contribution is -2.19. The Kier molecular flexibility index (Phi) is 4.29. The second-order valence-electron chi connectivity index (χ2n) is 3.79. The highest BCUT2D eigenvalue weighted by Crippen LogP contribution is 2.11. The van der Waals surface area contributed by atoms with Crippen LogP contribution in [0.4, 0.5) is 5.69 Å². The van der Waals surface area contributed by atoms with Gasteiger partial charge in [0.15, 0.2) is 0 Å². The van der Waals surface area contributed by atoms with Crippen LogP contribution in [0.1, 0.15) is 6.92 Å². The van der Waals surface area contributed by atoms with Crippen LogP contribution in [-0.2, 0) is 4.79 Å². The topological polar surface area (TPSA) is 56.1 Å². The van der Waals surface area contributed by atoms with Crippen LogP contribution in [-0.4, -0.2) is 24.9 Å². The lowest BCUT2D eigenvalue weighted by Gasteiger charge is -2.14. The Morgan fingerprint density at radius 3 is 2.35 bits per heavy atom. The summed E-state index contributed by atoms with van der Waals surface area (Å²) < 4.78 is 0. The molecule has 0 saturated heterocycles. The second kappa shape index (κ2) is 5.71. The average molecular weight is 229 g/mol. The molecule has 0 fully saturated rings. The molecule has 0 aliphatic rings. The molecular formula is C13H15N3O. The first kappa shape index (κ1) is 12.8. The number of allylic oxidation sites excluding steroid dienone is 1. The second-order valence-corrected chi connectivity index (χ2v) is 3.79. The number of carbonyl (C=O) groups is 1. The van der Waals surface area contributed by atoms with Crippen molar-refractivity contribution in [2.75, 3.05) is 19.4 Å². The number of hydrogen-bond acceptors (Lipinski definition) is 3. The van der Waals surface area contributed by atoms with Crippen molar-refractivity contribution >= 4 is 11.6 Å². The molecule has 1 amide bonds. The van der Waals surface area contributed by atoms with Crippen molar-refractivity contribution in [3.05, 3.63) is 41.6 Å². The molecule has 1 aromatic rings. The number of hydrogen-bond donors (Lipinski definition) is 1. The minimum atomic E-state index is -0.384. The minimum absolute atomic E-state index is 0.124. The number of rotatable bonds is 3. The van der Waals surface area contributed by atoms with Crippen LogP contribution in [0.25, 0.3) is 0 Å². The highest BCUT2D eigenvalue weighted by Gasteiger charge is 2.13. The molecule has 0 atom stereocenters. The molecular weight excluding hydrogens is 214 g/mol. The molecule has 4 nitrogen and oxygen atoms in total. The van der Waals surface area contributed by atoms with E-state index in [9.17, 15) is 4.79 Å². The fourth-order valence-electron chi connectivity index (χ4n) is 1.23. The summed E-state index contributed by atoms with van der Waals surface area (Å²) in [6.07, 6.45) is 0. The number of nitriles is 1. The molecule has 0 saturated carbocycles. The van der Waals surface area contributed by atoms with Gasteiger partial charge >= 0.3 is 0 Å². The lowest BCUT2D eigenvalue weighted by molar-refractivity contribution is -0.112. The fourth-order valence-corrected chi connectivity index (χ4v) is 1.23. The summed E-state index contributed by atoms with van der Waals surface area (Å²) in [5, 5.41) is 11.7. The zero-order chi connectivity index (χ0) is 12.8. The molecule has 0 spiro atoms. The molecule has 0 unspecified atom stereocenters. The fraction of sp³-hybridized carbons (Fsp3) is 0.231. The first-order valence-electron chi connectivity index (χ1n) is 5.21. The van der Waals surface area contributed by atoms with Crippen molar-refractivity contribution in [3.8, 4) is 6.07 Å². The molecule has 0 aromatic heterocycles. The third-order valence-corrected chi connectivity index (χ3v) is 2.40. The Morgan fingerprint density at radius 2 is 1.88 bits per heavy atom. The number of carbonyl (C=O) groups excluding carboxylic acids is 1. The standard InChI is InChI=1S/C13H15N3O/c1-10(16(2)3)12(9-14)13(17)15-11-7-5-4-6-8-11/h4-8H,1-3H3,(H,15,17)/b12-10-. The van der Waals surface area contributed by atoms with Gasteiger partial charge in [0, 0.05) is 25.5 Å². The molecule has 0 heterocycles. The lowest BCUT2D eigenvalue weighted by atomic mass is 10.2. The molecule has 1 rings (SSSR count). The zero-order valence-electron chi connectivity index (χ0n) is 10.2. The van der Waals surface area contributed by atoms with E-state index in [0.29, 0.717) is 11.4 Å². The van der Waals surface area contributed by atoms with E-state index < -0.39 is 0 Å². The van der Waals surface area contributed by atoms with Gasteiger partial charge in [-0.05, 0) is 19.1 Å². The van der Waals surface area contributed by atoms with Gasteiger partial charge in [-0.25, -0.2) is 0 Å². The number of benzene rings is 1. The molecule has 0 aliphatic carbocycles. The Hall–Kier alpha value is -2.28. The monoisotopic (exact) mass is 229 g/mol. The zero-order valence-corrected chi connectivity index (χ0v) is 10.2. The number of nitrogens with zero attached hydrogens (tertiary/aromatic N) is 2. The normalized spacial score (nSPS) is 11.2. The first-order chi connectivity index (χ1) is 8.06. The summed E-state index contributed by atoms with van der Waals surface area (Å²) in [6.45, 7) is 1.74. The van der Waals surface area contributed by atoms with Crippen LogP contribution in [0.3, 0.4) is 0 Å². The van der Waals surface area contributed by atoms with Gasteiger partial charge in [0.2, 0.25) is 0 Å². The number of amides is 1. The SMILES string of the molecule is C/C(=C(\C#N)C(=O)Nc1ccccc1)N(C)C. The Bertz CT molecular complexity index is 469. The Balaban J connectivity index is 2.91. The molecule has 88 valence electrons. The van der Waals surface area contributed by atoms with E-state index in [1.54, 1.807) is 38.1 Å². The summed E-state index contributed by atoms with van der Waals surface area (Å²) in [7, 11) is 3.59. The van der Waals surface area contributed by atoms with Crippen LogP contribution in [0.2, 0.25) is 0 Å². The maximum Gasteiger partial charge on any atom is 0.268 e. The van der Waals surface area contributed by atoms with Gasteiger partial charge in [-0.3, -0.25) is 4.79 Å². The number of para-hydroxylation sites is 1. The maximum absolute atomic E-state index is 11.9. The predicted molar refractivity (Wildman–Crippen MR) is 67.1 cm³/mol. The van der Waals surface area contributed by atoms with Crippen LogP contribution in [0.15, 0.2) is 41.6 Å². The highest BCUT2D eigenvalue weighted by molar-refractivity contribution is 6.06. The van der Waals surface area contributed by atoms with Gasteiger partial charge in [-0.15, -0.1) is 0 Å². The number of nitrogens with one attached hydrogen (secondary N) is 1. The van der Waals surface area contributed by atoms with Gasteiger partial charge in [0.05, 0.1) is 0 Å². The summed E-state index contributed by atoms with van der Waals surface area (Å²) in [6, 6.07) is 11.0. The number of anilines is 1. The van der Waals surface area contributed by atoms with E-state index in [1.165, 1.54) is 0 Å². The van der Waals surface area contributed by atoms with Gasteiger partial charge < -0.3 is 10.2 Å². The van der Waals surface area contributed by atoms with Gasteiger partial charge in [-0.1, -0.05) is 18.2 Å². The van der Waals surface area contributed by atoms with E-state index >= 15 is 0 Å². The summed E-state index contributed by atoms with van der Waals surface area (Å²) in [5.41, 5.74) is 1.44. The van der Waals surface area contributed by atoms with Crippen molar-refractivity contribution in [2.45, 2.75) is 6.92 Å². The molecule has 0 bridgehead atoms. The van der Waals surface area contributed by atoms with Crippen LogP contribution >= 0.6 is 0 Å². The molecule has 1 N–H and O–H groups in total. The van der Waals surface area contributed by atoms with Crippen LogP contribution in [0.5, 0.6) is 0 Å². The smallest absolute Gasteiger partial charge is 0.268 e. The summed E-state index contributed by atoms with van der Waals surface area (Å²) in [5.74, 6) is -0.384. The molecule has 0 radical (unpaired) electrons. The van der Waals surface area contributed by atoms with Crippen molar-refractivity contribution in [1.82, 2.24) is 4.90 Å². The van der Waals surface area contributed by atoms with E-state index in [1.807, 2.05) is 24.3 Å². The van der Waals surface area contributed by atoms with Gasteiger partial charge in [0.1, 0.15) is 11.6 Å². The van der Waals surface area contributed by atoms with Crippen LogP contribution < -0.4 is 5.32 Å². The van der Waals surface area contributed by atoms with Crippen molar-refractivity contribution in [2.24, 2.45) is 0 Å². The molecule has 1 aromatic carbocycles. The van der Waals surface area contributed by atoms with E-state index in [2.05, 4.69) is 5.32 Å². The molecule has 4 heteroatoms. The van der Waals surface area contributed by atoms with Gasteiger partial charge in [-0.2, -0.15) is 5.26 Å². The van der Waals surface area contributed by atoms with Crippen molar-refractivity contribution in [3.63, 3.8) is 0 Å². The Labute approximate surface area is 101 Å². The van der Waals surface area contributed by atoms with E-state index in [0.717, 1.165) is 0 Å². The minimum Gasteiger partial charge on any atom is -0.380 e. The summed E-state index contributed by atoms with van der Waals surface area (Å²) >= 11 is 0. The third kappa shape index (κ3) is 3.35. The largest absolute Gasteiger partial charge is 0.380 e. The average Bonchev–Trinajstić information content (AvgIpc) is 2.30. The van der Waals surface area contributed by atoms with Crippen molar-refractivity contribution < 1.29 is 4.79 Å². The predicted octanol–water partition coefficient (Wildman–Crippen LogP) is 1.98. The highest BCUT2D eigenvalue weighted by atomic mass is 16.1. The van der Waals surface area contributed by atoms with Crippen molar-refractivity contribution in [1.29, 1.82) is 5.26 Å². The van der Waals surface area contributed by atoms with E-state index in [4.69, 9.17) is 5.26 Å². The maximum atomic E-state index is 11.9. The van der Waals surface area contributed by atoms with Crippen LogP contribution in [0, 0.1) is 11.3 Å². The summed E-state index contributed by atoms with van der Waals surface area (Å²) in [4.78, 5) is 13.6. The van der Waals surface area contributed by atoms with Gasteiger partial charge in [0.25, 0.3) is 5.91 Å². The quantitative estimate of drug-likeness (QED) is 0.637. The first-order valence-corrected chi connectivity index (χ1v) is 5.21.